The van der Waals surface area contributed by atoms with Gasteiger partial charge in [-0.2, -0.15) is 8.78 Å². The number of fused-ring (bicyclic) bond motifs is 2. The summed E-state index contributed by atoms with van der Waals surface area (Å²) in [6.45, 7) is 7.77. The summed E-state index contributed by atoms with van der Waals surface area (Å²) < 4.78 is 28.0. The lowest BCUT2D eigenvalue weighted by molar-refractivity contribution is -0.149. The molecule has 1 saturated heterocycles. The van der Waals surface area contributed by atoms with E-state index < -0.39 is 11.8 Å². The Bertz CT molecular complexity index is 889. The molecule has 4 rings (SSSR count). The lowest BCUT2D eigenvalue weighted by atomic mass is 9.52. The Kier molecular flexibility index (Phi) is 4.22. The number of amides is 1. The molecule has 1 saturated carbocycles. The number of anilines is 1. The first-order chi connectivity index (χ1) is 12.6. The first-order valence-electron chi connectivity index (χ1n) is 9.42. The van der Waals surface area contributed by atoms with Crippen molar-refractivity contribution in [2.75, 3.05) is 11.4 Å². The molecule has 1 aromatic carbocycles. The molecule has 2 heterocycles. The quantitative estimate of drug-likeness (QED) is 0.842. The highest BCUT2D eigenvalue weighted by molar-refractivity contribution is 7.22. The first-order valence-corrected chi connectivity index (χ1v) is 10.2. The normalized spacial score (nSPS) is 27.2. The van der Waals surface area contributed by atoms with Crippen molar-refractivity contribution in [1.29, 1.82) is 0 Å². The molecule has 0 radical (unpaired) electrons. The number of nitrogens with zero attached hydrogens (tertiary/aromatic N) is 2. The Labute approximate surface area is 162 Å². The Morgan fingerprint density at radius 2 is 2.15 bits per heavy atom. The number of aryl methyl sites for hydroxylation is 1. The van der Waals surface area contributed by atoms with E-state index in [4.69, 9.17) is 4.98 Å². The standard InChI is InChI=1S/C20H25F2N3OS/c1-11-7-5-9-13-14(11)27-18(23-13)25-10-6-8-12-15(19(2,3)16(12)25)24-17(26)20(4,21)22/h5,7,9,12,15-16H,6,8,10H2,1-4H3,(H,24,26). The highest BCUT2D eigenvalue weighted by atomic mass is 32.1. The van der Waals surface area contributed by atoms with Gasteiger partial charge in [-0.3, -0.25) is 4.79 Å². The van der Waals surface area contributed by atoms with E-state index in [1.165, 1.54) is 10.3 Å². The van der Waals surface area contributed by atoms with Gasteiger partial charge < -0.3 is 10.2 Å². The van der Waals surface area contributed by atoms with Gasteiger partial charge in [-0.25, -0.2) is 4.98 Å². The molecule has 27 heavy (non-hydrogen) atoms. The second-order valence-electron chi connectivity index (χ2n) is 8.52. The van der Waals surface area contributed by atoms with Crippen LogP contribution in [0, 0.1) is 18.3 Å². The molecule has 0 spiro atoms. The van der Waals surface area contributed by atoms with Gasteiger partial charge >= 0.3 is 5.92 Å². The zero-order valence-corrected chi connectivity index (χ0v) is 16.9. The van der Waals surface area contributed by atoms with Crippen molar-refractivity contribution in [3.8, 4) is 0 Å². The number of carbonyl (C=O) groups excluding carboxylic acids is 1. The van der Waals surface area contributed by atoms with Crippen molar-refractivity contribution < 1.29 is 13.6 Å². The Balaban J connectivity index is 1.62. The lowest BCUT2D eigenvalue weighted by Crippen LogP contribution is -2.75. The molecule has 1 aliphatic heterocycles. The monoisotopic (exact) mass is 393 g/mol. The number of hydrogen-bond donors (Lipinski definition) is 1. The Hall–Kier alpha value is -1.76. The third-order valence-corrected chi connectivity index (χ3v) is 7.44. The predicted octanol–water partition coefficient (Wildman–Crippen LogP) is 4.37. The second-order valence-corrected chi connectivity index (χ2v) is 9.50. The number of rotatable bonds is 3. The summed E-state index contributed by atoms with van der Waals surface area (Å²) in [7, 11) is 0. The topological polar surface area (TPSA) is 45.2 Å². The van der Waals surface area contributed by atoms with E-state index >= 15 is 0 Å². The number of hydrogen-bond acceptors (Lipinski definition) is 4. The molecule has 3 unspecified atom stereocenters. The first kappa shape index (κ1) is 18.6. The molecular formula is C20H25F2N3OS. The summed E-state index contributed by atoms with van der Waals surface area (Å²) in [5, 5.41) is 3.61. The minimum Gasteiger partial charge on any atom is -0.347 e. The van der Waals surface area contributed by atoms with Crippen molar-refractivity contribution in [2.24, 2.45) is 11.3 Å². The summed E-state index contributed by atoms with van der Waals surface area (Å²) in [6.07, 6.45) is 1.91. The third kappa shape index (κ3) is 2.91. The van der Waals surface area contributed by atoms with Crippen LogP contribution in [0.15, 0.2) is 18.2 Å². The van der Waals surface area contributed by atoms with E-state index in [-0.39, 0.29) is 23.4 Å². The summed E-state index contributed by atoms with van der Waals surface area (Å²) in [5.41, 5.74) is 1.93. The van der Waals surface area contributed by atoms with Crippen LogP contribution in [0.3, 0.4) is 0 Å². The van der Waals surface area contributed by atoms with Crippen LogP contribution in [0.2, 0.25) is 0 Å². The molecular weight excluding hydrogens is 368 g/mol. The molecule has 1 N–H and O–H groups in total. The number of thiazole rings is 1. The van der Waals surface area contributed by atoms with Gasteiger partial charge in [0.05, 0.1) is 10.2 Å². The van der Waals surface area contributed by atoms with Gasteiger partial charge in [-0.05, 0) is 31.4 Å². The van der Waals surface area contributed by atoms with Crippen LogP contribution in [0.5, 0.6) is 0 Å². The van der Waals surface area contributed by atoms with Crippen LogP contribution in [0.4, 0.5) is 13.9 Å². The summed E-state index contributed by atoms with van der Waals surface area (Å²) in [5.74, 6) is -4.35. The number of halogens is 2. The maximum Gasteiger partial charge on any atom is 0.321 e. The average Bonchev–Trinajstić information content (AvgIpc) is 3.03. The van der Waals surface area contributed by atoms with Gasteiger partial charge in [0.25, 0.3) is 5.91 Å². The maximum absolute atomic E-state index is 13.4. The molecule has 2 aromatic rings. The van der Waals surface area contributed by atoms with Gasteiger partial charge in [0.1, 0.15) is 0 Å². The average molecular weight is 394 g/mol. The van der Waals surface area contributed by atoms with E-state index in [0.717, 1.165) is 30.0 Å². The van der Waals surface area contributed by atoms with E-state index in [2.05, 4.69) is 37.1 Å². The maximum atomic E-state index is 13.4. The largest absolute Gasteiger partial charge is 0.347 e. The number of alkyl halides is 2. The summed E-state index contributed by atoms with van der Waals surface area (Å²) >= 11 is 1.70. The van der Waals surface area contributed by atoms with Crippen molar-refractivity contribution in [2.45, 2.75) is 58.5 Å². The molecule has 1 aliphatic carbocycles. The zero-order valence-electron chi connectivity index (χ0n) is 16.1. The van der Waals surface area contributed by atoms with E-state index in [0.29, 0.717) is 6.92 Å². The highest BCUT2D eigenvalue weighted by Gasteiger charge is 2.61. The van der Waals surface area contributed by atoms with Crippen molar-refractivity contribution in [3.63, 3.8) is 0 Å². The van der Waals surface area contributed by atoms with Crippen molar-refractivity contribution in [1.82, 2.24) is 10.3 Å². The molecule has 4 nitrogen and oxygen atoms in total. The molecule has 146 valence electrons. The lowest BCUT2D eigenvalue weighted by Gasteiger charge is -2.64. The van der Waals surface area contributed by atoms with Crippen LogP contribution in [0.1, 0.15) is 39.2 Å². The van der Waals surface area contributed by atoms with E-state index in [1.54, 1.807) is 11.3 Å². The minimum absolute atomic E-state index is 0.174. The van der Waals surface area contributed by atoms with Gasteiger partial charge in [-0.1, -0.05) is 37.3 Å². The number of carbonyl (C=O) groups is 1. The Morgan fingerprint density at radius 1 is 1.41 bits per heavy atom. The van der Waals surface area contributed by atoms with Gasteiger partial charge in [0.2, 0.25) is 0 Å². The van der Waals surface area contributed by atoms with E-state index in [1.807, 2.05) is 12.1 Å². The molecule has 2 fully saturated rings. The fourth-order valence-corrected chi connectivity index (χ4v) is 6.01. The van der Waals surface area contributed by atoms with Crippen LogP contribution in [-0.4, -0.2) is 35.4 Å². The number of aromatic nitrogens is 1. The third-order valence-electron chi connectivity index (χ3n) is 6.20. The second kappa shape index (κ2) is 6.12. The predicted molar refractivity (Wildman–Crippen MR) is 105 cm³/mol. The summed E-state index contributed by atoms with van der Waals surface area (Å²) in [6, 6.07) is 6.10. The van der Waals surface area contributed by atoms with Gasteiger partial charge in [0.15, 0.2) is 5.13 Å². The Morgan fingerprint density at radius 3 is 2.81 bits per heavy atom. The number of piperidine rings is 1. The van der Waals surface area contributed by atoms with Crippen LogP contribution >= 0.6 is 11.3 Å². The molecule has 7 heteroatoms. The molecule has 1 aromatic heterocycles. The number of nitrogens with one attached hydrogen (secondary N) is 1. The highest BCUT2D eigenvalue weighted by Crippen LogP contribution is 2.54. The fourth-order valence-electron chi connectivity index (χ4n) is 4.92. The molecule has 3 atom stereocenters. The SMILES string of the molecule is Cc1cccc2nc(N3CCCC4C(NC(=O)C(C)(F)F)C(C)(C)C43)sc12. The fraction of sp³-hybridized carbons (Fsp3) is 0.600. The van der Waals surface area contributed by atoms with Crippen LogP contribution in [-0.2, 0) is 4.79 Å². The van der Waals surface area contributed by atoms with Crippen LogP contribution < -0.4 is 10.2 Å². The zero-order chi connectivity index (χ0) is 19.6. The van der Waals surface area contributed by atoms with Crippen molar-refractivity contribution >= 4 is 32.6 Å². The smallest absolute Gasteiger partial charge is 0.321 e. The van der Waals surface area contributed by atoms with Gasteiger partial charge in [0, 0.05) is 36.9 Å². The number of benzene rings is 1. The van der Waals surface area contributed by atoms with Crippen LogP contribution in [0.25, 0.3) is 10.2 Å². The summed E-state index contributed by atoms with van der Waals surface area (Å²) in [4.78, 5) is 19.0. The van der Waals surface area contributed by atoms with E-state index in [9.17, 15) is 13.6 Å². The molecule has 0 bridgehead atoms. The molecule has 1 amide bonds. The minimum atomic E-state index is -3.35. The molecule has 2 aliphatic rings. The van der Waals surface area contributed by atoms with Crippen molar-refractivity contribution in [3.05, 3.63) is 23.8 Å². The van der Waals surface area contributed by atoms with Gasteiger partial charge in [-0.15, -0.1) is 0 Å².